The fourth-order valence-corrected chi connectivity index (χ4v) is 6.20. The summed E-state index contributed by atoms with van der Waals surface area (Å²) in [6.45, 7) is 6.11. The van der Waals surface area contributed by atoms with E-state index in [2.05, 4.69) is 5.32 Å². The lowest BCUT2D eigenvalue weighted by atomic mass is 10.1. The van der Waals surface area contributed by atoms with Gasteiger partial charge in [-0.15, -0.1) is 11.8 Å². The number of aryl methyl sites for hydroxylation is 1. The van der Waals surface area contributed by atoms with Crippen LogP contribution in [0, 0.1) is 6.92 Å². The molecule has 0 saturated carbocycles. The van der Waals surface area contributed by atoms with Gasteiger partial charge < -0.3 is 10.2 Å². The number of anilines is 1. The molecular formula is C31H39N3O4S2. The number of hydrogen-bond donors (Lipinski definition) is 1. The molecule has 3 rings (SSSR count). The third kappa shape index (κ3) is 8.11. The number of benzene rings is 3. The van der Waals surface area contributed by atoms with Gasteiger partial charge >= 0.3 is 0 Å². The molecule has 9 heteroatoms. The topological polar surface area (TPSA) is 86.8 Å². The number of sulfonamides is 1. The zero-order valence-corrected chi connectivity index (χ0v) is 25.3. The lowest BCUT2D eigenvalue weighted by Crippen LogP contribution is -2.53. The normalized spacial score (nSPS) is 12.0. The van der Waals surface area contributed by atoms with Crippen LogP contribution in [0.15, 0.2) is 88.7 Å². The minimum Gasteiger partial charge on any atom is -0.354 e. The number of nitrogens with zero attached hydrogens (tertiary/aromatic N) is 2. The van der Waals surface area contributed by atoms with Gasteiger partial charge in [0.2, 0.25) is 11.8 Å². The Hall–Kier alpha value is -3.30. The summed E-state index contributed by atoms with van der Waals surface area (Å²) in [7, 11) is -4.08. The van der Waals surface area contributed by atoms with Crippen molar-refractivity contribution in [3.63, 3.8) is 0 Å². The van der Waals surface area contributed by atoms with Crippen molar-refractivity contribution < 1.29 is 18.0 Å². The van der Waals surface area contributed by atoms with Crippen molar-refractivity contribution in [1.82, 2.24) is 10.2 Å². The van der Waals surface area contributed by atoms with Crippen molar-refractivity contribution in [1.29, 1.82) is 0 Å². The maximum Gasteiger partial charge on any atom is 0.264 e. The fraction of sp³-hybridized carbons (Fsp3) is 0.355. The van der Waals surface area contributed by atoms with Crippen molar-refractivity contribution in [2.75, 3.05) is 30.2 Å². The number of carbonyl (C=O) groups is 2. The number of amides is 2. The Labute approximate surface area is 243 Å². The molecule has 0 aliphatic heterocycles. The molecule has 0 heterocycles. The second kappa shape index (κ2) is 14.9. The minimum absolute atomic E-state index is 0.0993. The second-order valence-corrected chi connectivity index (χ2v) is 12.3. The zero-order chi connectivity index (χ0) is 29.1. The molecule has 0 radical (unpaired) electrons. The first-order valence-corrected chi connectivity index (χ1v) is 16.2. The first-order chi connectivity index (χ1) is 19.2. The molecule has 0 unspecified atom stereocenters. The molecule has 3 aromatic carbocycles. The summed E-state index contributed by atoms with van der Waals surface area (Å²) in [5, 5.41) is 2.91. The molecule has 0 aliphatic carbocycles. The summed E-state index contributed by atoms with van der Waals surface area (Å²) in [4.78, 5) is 29.7. The quantitative estimate of drug-likeness (QED) is 0.262. The molecule has 7 nitrogen and oxygen atoms in total. The van der Waals surface area contributed by atoms with E-state index >= 15 is 0 Å². The Morgan fingerprint density at radius 3 is 2.15 bits per heavy atom. The van der Waals surface area contributed by atoms with Gasteiger partial charge in [0, 0.05) is 18.0 Å². The van der Waals surface area contributed by atoms with Crippen molar-refractivity contribution in [3.05, 3.63) is 90.0 Å². The van der Waals surface area contributed by atoms with Crippen molar-refractivity contribution in [2.45, 2.75) is 55.9 Å². The number of carbonyl (C=O) groups excluding carboxylic acids is 2. The number of hydrogen-bond acceptors (Lipinski definition) is 5. The molecule has 0 fully saturated rings. The second-order valence-electron chi connectivity index (χ2n) is 9.56. The molecule has 0 aromatic heterocycles. The van der Waals surface area contributed by atoms with E-state index in [-0.39, 0.29) is 17.3 Å². The van der Waals surface area contributed by atoms with Crippen LogP contribution in [0.1, 0.15) is 37.8 Å². The molecule has 2 amide bonds. The van der Waals surface area contributed by atoms with Crippen LogP contribution in [0.3, 0.4) is 0 Å². The summed E-state index contributed by atoms with van der Waals surface area (Å²) in [5.41, 5.74) is 2.39. The number of nitrogens with one attached hydrogen (secondary N) is 1. The highest BCUT2D eigenvalue weighted by Crippen LogP contribution is 2.26. The monoisotopic (exact) mass is 581 g/mol. The maximum absolute atomic E-state index is 14.0. The Morgan fingerprint density at radius 1 is 0.925 bits per heavy atom. The molecule has 1 N–H and O–H groups in total. The van der Waals surface area contributed by atoms with Gasteiger partial charge in [-0.05, 0) is 74.4 Å². The van der Waals surface area contributed by atoms with E-state index in [0.717, 1.165) is 26.7 Å². The van der Waals surface area contributed by atoms with E-state index in [1.165, 1.54) is 16.7 Å². The smallest absolute Gasteiger partial charge is 0.264 e. The van der Waals surface area contributed by atoms with Gasteiger partial charge in [0.05, 0.1) is 10.6 Å². The van der Waals surface area contributed by atoms with Crippen LogP contribution in [0.25, 0.3) is 0 Å². The fourth-order valence-electron chi connectivity index (χ4n) is 4.38. The Kier molecular flexibility index (Phi) is 11.6. The predicted octanol–water partition coefficient (Wildman–Crippen LogP) is 5.29. The molecule has 0 aliphatic rings. The lowest BCUT2D eigenvalue weighted by Gasteiger charge is -2.33. The maximum atomic E-state index is 14.0. The molecular weight excluding hydrogens is 542 g/mol. The van der Waals surface area contributed by atoms with Gasteiger partial charge in [-0.3, -0.25) is 13.9 Å². The highest BCUT2D eigenvalue weighted by atomic mass is 32.2. The van der Waals surface area contributed by atoms with Gasteiger partial charge in [0.15, 0.2) is 0 Å². The first-order valence-electron chi connectivity index (χ1n) is 13.6. The molecule has 0 bridgehead atoms. The molecule has 0 spiro atoms. The molecule has 3 aromatic rings. The summed E-state index contributed by atoms with van der Waals surface area (Å²) in [6.07, 6.45) is 3.64. The summed E-state index contributed by atoms with van der Waals surface area (Å²) in [6, 6.07) is 22.7. The van der Waals surface area contributed by atoms with Crippen LogP contribution >= 0.6 is 11.8 Å². The average Bonchev–Trinajstić information content (AvgIpc) is 2.97. The molecule has 214 valence electrons. The van der Waals surface area contributed by atoms with Gasteiger partial charge in [0.25, 0.3) is 10.0 Å². The molecule has 40 heavy (non-hydrogen) atoms. The van der Waals surface area contributed by atoms with Crippen LogP contribution in [0.2, 0.25) is 0 Å². The lowest BCUT2D eigenvalue weighted by molar-refractivity contribution is -0.139. The number of rotatable bonds is 14. The van der Waals surface area contributed by atoms with E-state index < -0.39 is 28.5 Å². The van der Waals surface area contributed by atoms with E-state index in [1.54, 1.807) is 36.4 Å². The van der Waals surface area contributed by atoms with E-state index in [4.69, 9.17) is 0 Å². The minimum atomic E-state index is -4.08. The van der Waals surface area contributed by atoms with Crippen molar-refractivity contribution in [3.8, 4) is 0 Å². The predicted molar refractivity (Wildman–Crippen MR) is 163 cm³/mol. The van der Waals surface area contributed by atoms with Gasteiger partial charge in [0.1, 0.15) is 12.6 Å². The van der Waals surface area contributed by atoms with Crippen molar-refractivity contribution >= 4 is 39.3 Å². The average molecular weight is 582 g/mol. The number of thioether (sulfide) groups is 1. The van der Waals surface area contributed by atoms with Gasteiger partial charge in [-0.25, -0.2) is 8.42 Å². The van der Waals surface area contributed by atoms with Crippen LogP contribution < -0.4 is 9.62 Å². The SMILES string of the molecule is CCCNC(=O)[C@@H](CC)N(CCc1ccccc1)C(=O)CN(c1ccc(C)cc1)S(=O)(=O)c1ccc(SC)cc1. The zero-order valence-electron chi connectivity index (χ0n) is 23.7. The third-order valence-corrected chi connectivity index (χ3v) is 9.20. The van der Waals surface area contributed by atoms with Crippen LogP contribution in [0.4, 0.5) is 5.69 Å². The third-order valence-electron chi connectivity index (χ3n) is 6.67. The molecule has 0 saturated heterocycles. The highest BCUT2D eigenvalue weighted by molar-refractivity contribution is 7.98. The Bertz CT molecular complexity index is 1350. The Morgan fingerprint density at radius 2 is 1.57 bits per heavy atom. The largest absolute Gasteiger partial charge is 0.354 e. The summed E-state index contributed by atoms with van der Waals surface area (Å²) >= 11 is 1.52. The van der Waals surface area contributed by atoms with Gasteiger partial charge in [-0.2, -0.15) is 0 Å². The van der Waals surface area contributed by atoms with Crippen molar-refractivity contribution in [2.24, 2.45) is 0 Å². The standard InChI is InChI=1S/C31H39N3O4S2/c1-5-21-32-31(36)29(6-2)33(22-20-25-10-8-7-9-11-25)30(35)23-34(26-14-12-24(3)13-15-26)40(37,38)28-18-16-27(39-4)17-19-28/h7-19,29H,5-6,20-23H2,1-4H3,(H,32,36)/t29-/m1/s1. The van der Waals surface area contributed by atoms with Crippen LogP contribution in [0.5, 0.6) is 0 Å². The first kappa shape index (κ1) is 31.2. The highest BCUT2D eigenvalue weighted by Gasteiger charge is 2.33. The molecule has 1 atom stereocenters. The summed E-state index contributed by atoms with van der Waals surface area (Å²) < 4.78 is 29.0. The van der Waals surface area contributed by atoms with Gasteiger partial charge in [-0.1, -0.05) is 61.9 Å². The van der Waals surface area contributed by atoms with E-state index in [9.17, 15) is 18.0 Å². The van der Waals surface area contributed by atoms with Crippen LogP contribution in [-0.2, 0) is 26.0 Å². The van der Waals surface area contributed by atoms with E-state index in [1.807, 2.05) is 69.5 Å². The summed E-state index contributed by atoms with van der Waals surface area (Å²) in [5.74, 6) is -0.664. The Balaban J connectivity index is 1.99. The van der Waals surface area contributed by atoms with Crippen LogP contribution in [-0.4, -0.2) is 57.1 Å². The van der Waals surface area contributed by atoms with E-state index in [0.29, 0.717) is 25.1 Å².